The molecule has 0 nitrogen and oxygen atoms in total. The number of allylic oxidation sites excluding steroid dienone is 6. The molecule has 0 aromatic carbocycles. The predicted molar refractivity (Wildman–Crippen MR) is 52.9 cm³/mol. The van der Waals surface area contributed by atoms with Gasteiger partial charge in [-0.25, -0.2) is 0 Å². The van der Waals surface area contributed by atoms with Gasteiger partial charge in [-0.15, -0.1) is 0 Å². The Bertz CT molecular complexity index is 266. The van der Waals surface area contributed by atoms with Gasteiger partial charge in [0.1, 0.15) is 0 Å². The molecule has 2 aliphatic rings. The summed E-state index contributed by atoms with van der Waals surface area (Å²) in [6.07, 6.45) is 11.9. The van der Waals surface area contributed by atoms with E-state index >= 15 is 0 Å². The highest BCUT2D eigenvalue weighted by Gasteiger charge is 2.34. The first kappa shape index (κ1) is 7.85. The van der Waals surface area contributed by atoms with Gasteiger partial charge in [0, 0.05) is 11.8 Å². The van der Waals surface area contributed by atoms with E-state index in [9.17, 15) is 0 Å². The molecule has 2 rings (SSSR count). The molecule has 2 bridgehead atoms. The van der Waals surface area contributed by atoms with Crippen molar-refractivity contribution in [3.05, 3.63) is 35.5 Å². The normalized spacial score (nSPS) is 38.8. The van der Waals surface area contributed by atoms with Crippen molar-refractivity contribution in [3.63, 3.8) is 0 Å². The topological polar surface area (TPSA) is 0 Å². The lowest BCUT2D eigenvalue weighted by atomic mass is 9.94. The quantitative estimate of drug-likeness (QED) is 0.515. The van der Waals surface area contributed by atoms with Crippen LogP contribution >= 0.6 is 0 Å². The minimum atomic E-state index is 0.748. The molecule has 0 amide bonds. The SMILES string of the molecule is CC=C1C(=CCC)C2C=CC1C2. The Morgan fingerprint density at radius 1 is 1.33 bits per heavy atom. The van der Waals surface area contributed by atoms with Gasteiger partial charge in [-0.1, -0.05) is 31.2 Å². The van der Waals surface area contributed by atoms with Crippen LogP contribution in [0.2, 0.25) is 0 Å². The van der Waals surface area contributed by atoms with Crippen LogP contribution < -0.4 is 0 Å². The van der Waals surface area contributed by atoms with Crippen molar-refractivity contribution in [2.24, 2.45) is 11.8 Å². The standard InChI is InChI=1S/C12H16/c1-3-5-12-10-7-6-9(8-10)11(12)4-2/h4-7,9-10H,3,8H2,1-2H3. The zero-order valence-electron chi connectivity index (χ0n) is 7.88. The fourth-order valence-corrected chi connectivity index (χ4v) is 2.46. The molecule has 2 atom stereocenters. The number of fused-ring (bicyclic) bond motifs is 2. The maximum Gasteiger partial charge on any atom is 0.00266 e. The van der Waals surface area contributed by atoms with Crippen molar-refractivity contribution in [3.8, 4) is 0 Å². The van der Waals surface area contributed by atoms with E-state index < -0.39 is 0 Å². The van der Waals surface area contributed by atoms with Crippen LogP contribution in [-0.2, 0) is 0 Å². The van der Waals surface area contributed by atoms with Crippen molar-refractivity contribution in [1.82, 2.24) is 0 Å². The van der Waals surface area contributed by atoms with Gasteiger partial charge in [-0.05, 0) is 30.9 Å². The molecule has 0 radical (unpaired) electrons. The summed E-state index contributed by atoms with van der Waals surface area (Å²) in [5.74, 6) is 1.50. The Morgan fingerprint density at radius 3 is 2.58 bits per heavy atom. The van der Waals surface area contributed by atoms with E-state index in [1.165, 1.54) is 12.8 Å². The summed E-state index contributed by atoms with van der Waals surface area (Å²) in [5.41, 5.74) is 3.19. The van der Waals surface area contributed by atoms with E-state index in [0.29, 0.717) is 0 Å². The van der Waals surface area contributed by atoms with Gasteiger partial charge in [0.2, 0.25) is 0 Å². The van der Waals surface area contributed by atoms with Gasteiger partial charge in [0.25, 0.3) is 0 Å². The summed E-state index contributed by atoms with van der Waals surface area (Å²) in [4.78, 5) is 0. The first-order chi connectivity index (χ1) is 5.86. The third-order valence-electron chi connectivity index (χ3n) is 2.95. The average Bonchev–Trinajstić information content (AvgIpc) is 2.64. The molecule has 12 heavy (non-hydrogen) atoms. The summed E-state index contributed by atoms with van der Waals surface area (Å²) in [6, 6.07) is 0. The predicted octanol–water partition coefficient (Wildman–Crippen LogP) is 3.48. The lowest BCUT2D eigenvalue weighted by Crippen LogP contribution is -1.96. The van der Waals surface area contributed by atoms with E-state index in [1.54, 1.807) is 11.1 Å². The molecule has 0 heteroatoms. The molecule has 64 valence electrons. The Morgan fingerprint density at radius 2 is 2.00 bits per heavy atom. The highest BCUT2D eigenvalue weighted by molar-refractivity contribution is 5.47. The number of rotatable bonds is 1. The fraction of sp³-hybridized carbons (Fsp3) is 0.500. The van der Waals surface area contributed by atoms with Gasteiger partial charge in [-0.2, -0.15) is 0 Å². The van der Waals surface area contributed by atoms with Gasteiger partial charge >= 0.3 is 0 Å². The Hall–Kier alpha value is -0.780. The van der Waals surface area contributed by atoms with Crippen LogP contribution in [0.1, 0.15) is 26.7 Å². The second-order valence-electron chi connectivity index (χ2n) is 3.65. The average molecular weight is 160 g/mol. The molecule has 1 fully saturated rings. The minimum absolute atomic E-state index is 0.748. The van der Waals surface area contributed by atoms with Crippen molar-refractivity contribution in [1.29, 1.82) is 0 Å². The lowest BCUT2D eigenvalue weighted by Gasteiger charge is -2.11. The van der Waals surface area contributed by atoms with Crippen LogP contribution in [0.5, 0.6) is 0 Å². The van der Waals surface area contributed by atoms with E-state index in [-0.39, 0.29) is 0 Å². The monoisotopic (exact) mass is 160 g/mol. The first-order valence-electron chi connectivity index (χ1n) is 4.91. The van der Waals surface area contributed by atoms with Crippen LogP contribution in [0, 0.1) is 11.8 Å². The smallest absolute Gasteiger partial charge is 0.00266 e. The molecule has 0 heterocycles. The lowest BCUT2D eigenvalue weighted by molar-refractivity contribution is 0.734. The molecule has 0 N–H and O–H groups in total. The van der Waals surface area contributed by atoms with Crippen LogP contribution in [-0.4, -0.2) is 0 Å². The second kappa shape index (κ2) is 2.93. The second-order valence-corrected chi connectivity index (χ2v) is 3.65. The third kappa shape index (κ3) is 0.979. The molecule has 2 unspecified atom stereocenters. The molecule has 0 aromatic rings. The van der Waals surface area contributed by atoms with Gasteiger partial charge in [0.15, 0.2) is 0 Å². The van der Waals surface area contributed by atoms with Crippen molar-refractivity contribution in [2.75, 3.05) is 0 Å². The summed E-state index contributed by atoms with van der Waals surface area (Å²) in [7, 11) is 0. The summed E-state index contributed by atoms with van der Waals surface area (Å²) in [5, 5.41) is 0. The van der Waals surface area contributed by atoms with E-state index in [4.69, 9.17) is 0 Å². The zero-order chi connectivity index (χ0) is 8.55. The van der Waals surface area contributed by atoms with Gasteiger partial charge in [-0.3, -0.25) is 0 Å². The highest BCUT2D eigenvalue weighted by Crippen LogP contribution is 2.47. The van der Waals surface area contributed by atoms with E-state index in [2.05, 4.69) is 38.2 Å². The molecular formula is C12H16. The largest absolute Gasteiger partial charge is 0.0836 e. The Kier molecular flexibility index (Phi) is 1.92. The maximum atomic E-state index is 2.39. The molecule has 0 saturated heterocycles. The Labute approximate surface area is 74.7 Å². The molecule has 0 aliphatic heterocycles. The maximum absolute atomic E-state index is 2.39. The number of hydrogen-bond donors (Lipinski definition) is 0. The third-order valence-corrected chi connectivity index (χ3v) is 2.95. The molecule has 1 saturated carbocycles. The van der Waals surface area contributed by atoms with Crippen molar-refractivity contribution >= 4 is 0 Å². The summed E-state index contributed by atoms with van der Waals surface area (Å²) < 4.78 is 0. The first-order valence-corrected chi connectivity index (χ1v) is 4.91. The highest BCUT2D eigenvalue weighted by atomic mass is 14.4. The molecular weight excluding hydrogens is 144 g/mol. The molecule has 0 spiro atoms. The molecule has 2 aliphatic carbocycles. The van der Waals surface area contributed by atoms with E-state index in [1.807, 2.05) is 0 Å². The summed E-state index contributed by atoms with van der Waals surface area (Å²) in [6.45, 7) is 4.38. The van der Waals surface area contributed by atoms with Gasteiger partial charge in [0.05, 0.1) is 0 Å². The fourth-order valence-electron chi connectivity index (χ4n) is 2.46. The van der Waals surface area contributed by atoms with Crippen molar-refractivity contribution in [2.45, 2.75) is 26.7 Å². The van der Waals surface area contributed by atoms with Crippen LogP contribution in [0.4, 0.5) is 0 Å². The summed E-state index contributed by atoms with van der Waals surface area (Å²) >= 11 is 0. The van der Waals surface area contributed by atoms with Crippen molar-refractivity contribution < 1.29 is 0 Å². The zero-order valence-corrected chi connectivity index (χ0v) is 7.88. The number of hydrogen-bond acceptors (Lipinski definition) is 0. The molecule has 0 aromatic heterocycles. The minimum Gasteiger partial charge on any atom is -0.0836 e. The van der Waals surface area contributed by atoms with E-state index in [0.717, 1.165) is 11.8 Å². The van der Waals surface area contributed by atoms with Gasteiger partial charge < -0.3 is 0 Å². The van der Waals surface area contributed by atoms with Crippen LogP contribution in [0.3, 0.4) is 0 Å². The Balaban J connectivity index is 2.36. The van der Waals surface area contributed by atoms with Crippen LogP contribution in [0.25, 0.3) is 0 Å². The van der Waals surface area contributed by atoms with Crippen LogP contribution in [0.15, 0.2) is 35.5 Å².